The van der Waals surface area contributed by atoms with Crippen LogP contribution in [0.15, 0.2) is 24.5 Å². The van der Waals surface area contributed by atoms with Crippen molar-refractivity contribution >= 4 is 5.91 Å². The lowest BCUT2D eigenvalue weighted by Gasteiger charge is -2.26. The monoisotopic (exact) mass is 275 g/mol. The predicted molar refractivity (Wildman–Crippen MR) is 80.2 cm³/mol. The summed E-state index contributed by atoms with van der Waals surface area (Å²) in [6.45, 7) is 4.95. The van der Waals surface area contributed by atoms with Crippen LogP contribution in [0.25, 0.3) is 0 Å². The molecule has 110 valence electrons. The molecular formula is C16H25N3O. The summed E-state index contributed by atoms with van der Waals surface area (Å²) >= 11 is 0. The number of nitrogens with one attached hydrogen (secondary N) is 1. The van der Waals surface area contributed by atoms with E-state index in [-0.39, 0.29) is 11.8 Å². The van der Waals surface area contributed by atoms with Crippen LogP contribution < -0.4 is 11.1 Å². The maximum absolute atomic E-state index is 12.3. The molecule has 0 bridgehead atoms. The van der Waals surface area contributed by atoms with Crippen LogP contribution >= 0.6 is 0 Å². The fourth-order valence-electron chi connectivity index (χ4n) is 2.95. The van der Waals surface area contributed by atoms with E-state index in [1.54, 1.807) is 6.20 Å². The van der Waals surface area contributed by atoms with Crippen molar-refractivity contribution < 1.29 is 4.79 Å². The second kappa shape index (κ2) is 6.35. The van der Waals surface area contributed by atoms with Gasteiger partial charge in [0.15, 0.2) is 0 Å². The van der Waals surface area contributed by atoms with E-state index in [0.717, 1.165) is 25.7 Å². The summed E-state index contributed by atoms with van der Waals surface area (Å²) in [4.78, 5) is 16.4. The Balaban J connectivity index is 1.98. The molecule has 1 unspecified atom stereocenters. The second-order valence-corrected chi connectivity index (χ2v) is 6.21. The minimum absolute atomic E-state index is 0.00420. The maximum Gasteiger partial charge on any atom is 0.240 e. The lowest BCUT2D eigenvalue weighted by atomic mass is 9.89. The molecule has 2 rings (SSSR count). The number of amides is 1. The van der Waals surface area contributed by atoms with Crippen LogP contribution in [-0.2, 0) is 4.79 Å². The van der Waals surface area contributed by atoms with Crippen molar-refractivity contribution in [2.75, 3.05) is 6.54 Å². The number of hydrogen-bond acceptors (Lipinski definition) is 3. The van der Waals surface area contributed by atoms with Crippen LogP contribution in [0.1, 0.15) is 51.0 Å². The summed E-state index contributed by atoms with van der Waals surface area (Å²) in [6, 6.07) is 4.01. The SMILES string of the molecule is CC(C)C(CNC(=O)C1(N)CCCC1)c1cccnc1. The molecule has 0 aliphatic heterocycles. The fraction of sp³-hybridized carbons (Fsp3) is 0.625. The average Bonchev–Trinajstić information content (AvgIpc) is 2.88. The Bertz CT molecular complexity index is 438. The van der Waals surface area contributed by atoms with Gasteiger partial charge in [-0.3, -0.25) is 9.78 Å². The van der Waals surface area contributed by atoms with E-state index < -0.39 is 5.54 Å². The van der Waals surface area contributed by atoms with Crippen molar-refractivity contribution in [3.8, 4) is 0 Å². The standard InChI is InChI=1S/C16H25N3O/c1-12(2)14(13-6-5-9-18-10-13)11-19-15(20)16(17)7-3-4-8-16/h5-6,9-10,12,14H,3-4,7-8,11,17H2,1-2H3,(H,19,20). The molecule has 1 atom stereocenters. The summed E-state index contributed by atoms with van der Waals surface area (Å²) in [7, 11) is 0. The van der Waals surface area contributed by atoms with Gasteiger partial charge in [-0.05, 0) is 30.4 Å². The molecule has 1 heterocycles. The largest absolute Gasteiger partial charge is 0.354 e. The molecule has 0 radical (unpaired) electrons. The first-order valence-corrected chi connectivity index (χ1v) is 7.50. The van der Waals surface area contributed by atoms with Gasteiger partial charge in [0.2, 0.25) is 5.91 Å². The number of hydrogen-bond donors (Lipinski definition) is 2. The number of pyridine rings is 1. The Morgan fingerprint density at radius 1 is 1.45 bits per heavy atom. The van der Waals surface area contributed by atoms with Crippen molar-refractivity contribution in [2.24, 2.45) is 11.7 Å². The summed E-state index contributed by atoms with van der Waals surface area (Å²) in [5.74, 6) is 0.721. The zero-order chi connectivity index (χ0) is 14.6. The molecular weight excluding hydrogens is 250 g/mol. The number of carbonyl (C=O) groups excluding carboxylic acids is 1. The summed E-state index contributed by atoms with van der Waals surface area (Å²) < 4.78 is 0. The summed E-state index contributed by atoms with van der Waals surface area (Å²) in [5.41, 5.74) is 6.70. The average molecular weight is 275 g/mol. The van der Waals surface area contributed by atoms with Crippen molar-refractivity contribution in [3.63, 3.8) is 0 Å². The number of nitrogens with two attached hydrogens (primary N) is 1. The lowest BCUT2D eigenvalue weighted by Crippen LogP contribution is -2.52. The van der Waals surface area contributed by atoms with E-state index >= 15 is 0 Å². The molecule has 3 N–H and O–H groups in total. The summed E-state index contributed by atoms with van der Waals surface area (Å²) in [6.07, 6.45) is 7.37. The summed E-state index contributed by atoms with van der Waals surface area (Å²) in [5, 5.41) is 3.05. The van der Waals surface area contributed by atoms with E-state index in [2.05, 4.69) is 30.2 Å². The maximum atomic E-state index is 12.3. The van der Waals surface area contributed by atoms with Crippen molar-refractivity contribution in [3.05, 3.63) is 30.1 Å². The second-order valence-electron chi connectivity index (χ2n) is 6.21. The molecule has 1 fully saturated rings. The van der Waals surface area contributed by atoms with Crippen LogP contribution in [0.4, 0.5) is 0 Å². The highest BCUT2D eigenvalue weighted by Gasteiger charge is 2.37. The quantitative estimate of drug-likeness (QED) is 0.865. The van der Waals surface area contributed by atoms with Gasteiger partial charge in [-0.25, -0.2) is 0 Å². The molecule has 0 saturated heterocycles. The molecule has 4 nitrogen and oxygen atoms in total. The Kier molecular flexibility index (Phi) is 4.76. The molecule has 1 saturated carbocycles. The van der Waals surface area contributed by atoms with Gasteiger partial charge >= 0.3 is 0 Å². The zero-order valence-electron chi connectivity index (χ0n) is 12.4. The first kappa shape index (κ1) is 15.0. The van der Waals surface area contributed by atoms with E-state index in [1.807, 2.05) is 12.3 Å². The molecule has 4 heteroatoms. The Labute approximate surface area is 121 Å². The van der Waals surface area contributed by atoms with Gasteiger partial charge in [0, 0.05) is 24.9 Å². The van der Waals surface area contributed by atoms with Crippen LogP contribution in [0.3, 0.4) is 0 Å². The van der Waals surface area contributed by atoms with Gasteiger partial charge in [0.25, 0.3) is 0 Å². The Morgan fingerprint density at radius 2 is 2.15 bits per heavy atom. The molecule has 1 amide bonds. The molecule has 0 aromatic carbocycles. The highest BCUT2D eigenvalue weighted by molar-refractivity contribution is 5.86. The third-order valence-corrected chi connectivity index (χ3v) is 4.35. The zero-order valence-corrected chi connectivity index (χ0v) is 12.4. The Morgan fingerprint density at radius 3 is 2.70 bits per heavy atom. The van der Waals surface area contributed by atoms with Gasteiger partial charge in [-0.2, -0.15) is 0 Å². The molecule has 0 spiro atoms. The molecule has 20 heavy (non-hydrogen) atoms. The number of nitrogens with zero attached hydrogens (tertiary/aromatic N) is 1. The first-order valence-electron chi connectivity index (χ1n) is 7.50. The molecule has 1 aromatic heterocycles. The van der Waals surface area contributed by atoms with Gasteiger partial charge in [-0.1, -0.05) is 32.8 Å². The van der Waals surface area contributed by atoms with E-state index in [0.29, 0.717) is 12.5 Å². The molecule has 1 aliphatic rings. The first-order chi connectivity index (χ1) is 9.53. The van der Waals surface area contributed by atoms with E-state index in [4.69, 9.17) is 5.73 Å². The van der Waals surface area contributed by atoms with Crippen LogP contribution in [0.5, 0.6) is 0 Å². The number of aromatic nitrogens is 1. The van der Waals surface area contributed by atoms with Crippen molar-refractivity contribution in [2.45, 2.75) is 51.0 Å². The van der Waals surface area contributed by atoms with Gasteiger partial charge < -0.3 is 11.1 Å². The van der Waals surface area contributed by atoms with Crippen LogP contribution in [-0.4, -0.2) is 23.0 Å². The third-order valence-electron chi connectivity index (χ3n) is 4.35. The molecule has 1 aliphatic carbocycles. The number of carbonyl (C=O) groups is 1. The predicted octanol–water partition coefficient (Wildman–Crippen LogP) is 2.21. The highest BCUT2D eigenvalue weighted by Crippen LogP contribution is 2.28. The van der Waals surface area contributed by atoms with E-state index in [1.165, 1.54) is 5.56 Å². The lowest BCUT2D eigenvalue weighted by molar-refractivity contribution is -0.126. The number of rotatable bonds is 5. The minimum atomic E-state index is -0.642. The van der Waals surface area contributed by atoms with Gasteiger partial charge in [0.05, 0.1) is 5.54 Å². The smallest absolute Gasteiger partial charge is 0.240 e. The van der Waals surface area contributed by atoms with Gasteiger partial charge in [-0.15, -0.1) is 0 Å². The highest BCUT2D eigenvalue weighted by atomic mass is 16.2. The third kappa shape index (κ3) is 3.37. The normalized spacial score (nSPS) is 19.0. The Hall–Kier alpha value is -1.42. The van der Waals surface area contributed by atoms with Crippen LogP contribution in [0.2, 0.25) is 0 Å². The minimum Gasteiger partial charge on any atom is -0.354 e. The van der Waals surface area contributed by atoms with Crippen molar-refractivity contribution in [1.82, 2.24) is 10.3 Å². The fourth-order valence-corrected chi connectivity index (χ4v) is 2.95. The van der Waals surface area contributed by atoms with Crippen LogP contribution in [0, 0.1) is 5.92 Å². The molecule has 1 aromatic rings. The van der Waals surface area contributed by atoms with Gasteiger partial charge in [0.1, 0.15) is 0 Å². The topological polar surface area (TPSA) is 68.0 Å². The van der Waals surface area contributed by atoms with Crippen molar-refractivity contribution in [1.29, 1.82) is 0 Å². The van der Waals surface area contributed by atoms with E-state index in [9.17, 15) is 4.79 Å².